The highest BCUT2D eigenvalue weighted by atomic mass is 32.2. The van der Waals surface area contributed by atoms with Crippen molar-refractivity contribution in [1.29, 1.82) is 0 Å². The molecule has 1 amide bonds. The highest BCUT2D eigenvalue weighted by molar-refractivity contribution is 7.92. The van der Waals surface area contributed by atoms with Crippen LogP contribution >= 0.6 is 0 Å². The van der Waals surface area contributed by atoms with Gasteiger partial charge in [0.2, 0.25) is 0 Å². The summed E-state index contributed by atoms with van der Waals surface area (Å²) in [4.78, 5) is 13.0. The highest BCUT2D eigenvalue weighted by Crippen LogP contribution is 2.26. The summed E-state index contributed by atoms with van der Waals surface area (Å²) in [6.07, 6.45) is 0. The van der Waals surface area contributed by atoms with Gasteiger partial charge >= 0.3 is 0 Å². The van der Waals surface area contributed by atoms with E-state index in [9.17, 15) is 13.2 Å². The first-order valence-electron chi connectivity index (χ1n) is 11.7. The van der Waals surface area contributed by atoms with Gasteiger partial charge in [-0.1, -0.05) is 35.0 Å². The summed E-state index contributed by atoms with van der Waals surface area (Å²) in [7, 11) is -3.88. The number of nitrogens with one attached hydrogen (secondary N) is 2. The molecule has 1 heterocycles. The standard InChI is InChI=1S/C28H29N3O5S/c1-17-9-12-26(19(3)13-17)31-37(33,34)27-15-23(11-10-18(27)2)29-28(32)22-7-6-8-24(14-22)35-16-25-20(4)30-36-21(25)5/h6-15,31H,16H2,1-5H3,(H,29,32). The van der Waals surface area contributed by atoms with E-state index in [-0.39, 0.29) is 11.5 Å². The van der Waals surface area contributed by atoms with Crippen molar-refractivity contribution in [1.82, 2.24) is 5.16 Å². The van der Waals surface area contributed by atoms with Gasteiger partial charge in [0.15, 0.2) is 0 Å². The summed E-state index contributed by atoms with van der Waals surface area (Å²) >= 11 is 0. The number of hydrogen-bond acceptors (Lipinski definition) is 6. The van der Waals surface area contributed by atoms with Gasteiger partial charge in [-0.15, -0.1) is 0 Å². The van der Waals surface area contributed by atoms with E-state index in [2.05, 4.69) is 15.2 Å². The fraction of sp³-hybridized carbons (Fsp3) is 0.214. The van der Waals surface area contributed by atoms with E-state index in [1.54, 1.807) is 49.4 Å². The highest BCUT2D eigenvalue weighted by Gasteiger charge is 2.19. The third-order valence-corrected chi connectivity index (χ3v) is 7.53. The normalized spacial score (nSPS) is 11.3. The maximum Gasteiger partial charge on any atom is 0.262 e. The Morgan fingerprint density at radius 3 is 2.43 bits per heavy atom. The van der Waals surface area contributed by atoms with E-state index in [1.807, 2.05) is 39.8 Å². The molecule has 0 radical (unpaired) electrons. The van der Waals surface area contributed by atoms with Gasteiger partial charge in [0.05, 0.1) is 21.8 Å². The molecule has 2 N–H and O–H groups in total. The average molecular weight is 520 g/mol. The minimum Gasteiger partial charge on any atom is -0.489 e. The van der Waals surface area contributed by atoms with Crippen LogP contribution in [0.4, 0.5) is 11.4 Å². The number of amides is 1. The Morgan fingerprint density at radius 1 is 0.946 bits per heavy atom. The first-order chi connectivity index (χ1) is 17.5. The van der Waals surface area contributed by atoms with Crippen molar-refractivity contribution in [2.24, 2.45) is 0 Å². The molecular formula is C28H29N3O5S. The number of carbonyl (C=O) groups is 1. The van der Waals surface area contributed by atoms with Crippen LogP contribution in [0.3, 0.4) is 0 Å². The molecule has 1 aromatic heterocycles. The lowest BCUT2D eigenvalue weighted by atomic mass is 10.1. The van der Waals surface area contributed by atoms with Crippen molar-refractivity contribution in [3.8, 4) is 5.75 Å². The van der Waals surface area contributed by atoms with Gasteiger partial charge in [0.1, 0.15) is 18.1 Å². The van der Waals surface area contributed by atoms with Crippen LogP contribution in [0.15, 0.2) is 70.1 Å². The van der Waals surface area contributed by atoms with Crippen LogP contribution < -0.4 is 14.8 Å². The van der Waals surface area contributed by atoms with Crippen LogP contribution in [0, 0.1) is 34.6 Å². The number of benzene rings is 3. The summed E-state index contributed by atoms with van der Waals surface area (Å²) in [5.74, 6) is 0.804. The second-order valence-corrected chi connectivity index (χ2v) is 10.6. The van der Waals surface area contributed by atoms with Crippen LogP contribution in [-0.4, -0.2) is 19.5 Å². The van der Waals surface area contributed by atoms with Crippen molar-refractivity contribution in [3.05, 3.63) is 99.9 Å². The minimum absolute atomic E-state index is 0.0850. The molecule has 0 fully saturated rings. The lowest BCUT2D eigenvalue weighted by Crippen LogP contribution is -2.17. The van der Waals surface area contributed by atoms with Crippen molar-refractivity contribution in [2.75, 3.05) is 10.0 Å². The third-order valence-electron chi connectivity index (χ3n) is 6.02. The molecule has 0 aliphatic carbocycles. The molecule has 0 bridgehead atoms. The maximum absolute atomic E-state index is 13.2. The molecule has 4 rings (SSSR count). The van der Waals surface area contributed by atoms with Gasteiger partial charge in [-0.3, -0.25) is 9.52 Å². The molecule has 4 aromatic rings. The average Bonchev–Trinajstić information content (AvgIpc) is 3.17. The quantitative estimate of drug-likeness (QED) is 0.302. The number of ether oxygens (including phenoxy) is 1. The summed E-state index contributed by atoms with van der Waals surface area (Å²) < 4.78 is 40.0. The predicted octanol–water partition coefficient (Wildman–Crippen LogP) is 5.85. The van der Waals surface area contributed by atoms with E-state index in [4.69, 9.17) is 9.26 Å². The van der Waals surface area contributed by atoms with Crippen LogP contribution in [0.2, 0.25) is 0 Å². The van der Waals surface area contributed by atoms with E-state index in [0.717, 1.165) is 22.4 Å². The molecule has 9 heteroatoms. The first-order valence-corrected chi connectivity index (χ1v) is 13.2. The number of hydrogen-bond donors (Lipinski definition) is 2. The second kappa shape index (κ2) is 10.5. The fourth-order valence-electron chi connectivity index (χ4n) is 3.89. The summed E-state index contributed by atoms with van der Waals surface area (Å²) in [6.45, 7) is 9.42. The maximum atomic E-state index is 13.2. The first kappa shape index (κ1) is 26.0. The van der Waals surface area contributed by atoms with Crippen molar-refractivity contribution >= 4 is 27.3 Å². The van der Waals surface area contributed by atoms with E-state index < -0.39 is 15.9 Å². The number of rotatable bonds is 8. The Labute approximate surface area is 216 Å². The Hall–Kier alpha value is -4.11. The zero-order chi connectivity index (χ0) is 26.7. The lowest BCUT2D eigenvalue weighted by Gasteiger charge is -2.14. The number of carbonyl (C=O) groups excluding carboxylic acids is 1. The molecule has 3 aromatic carbocycles. The Kier molecular flexibility index (Phi) is 7.35. The molecule has 192 valence electrons. The molecule has 0 aliphatic rings. The van der Waals surface area contributed by atoms with Crippen molar-refractivity contribution in [2.45, 2.75) is 46.1 Å². The largest absolute Gasteiger partial charge is 0.489 e. The van der Waals surface area contributed by atoms with Crippen LogP contribution in [0.25, 0.3) is 0 Å². The minimum atomic E-state index is -3.88. The fourth-order valence-corrected chi connectivity index (χ4v) is 5.29. The summed E-state index contributed by atoms with van der Waals surface area (Å²) in [6, 6.07) is 17.0. The number of sulfonamides is 1. The van der Waals surface area contributed by atoms with Crippen LogP contribution in [0.5, 0.6) is 5.75 Å². The molecule has 0 spiro atoms. The van der Waals surface area contributed by atoms with Gasteiger partial charge in [-0.2, -0.15) is 0 Å². The van der Waals surface area contributed by atoms with Gasteiger partial charge in [-0.05, 0) is 82.1 Å². The van der Waals surface area contributed by atoms with Gasteiger partial charge < -0.3 is 14.6 Å². The van der Waals surface area contributed by atoms with Crippen molar-refractivity contribution < 1.29 is 22.5 Å². The Bertz CT molecular complexity index is 1560. The lowest BCUT2D eigenvalue weighted by molar-refractivity contribution is 0.102. The Balaban J connectivity index is 1.50. The molecule has 0 unspecified atom stereocenters. The molecule has 0 saturated heterocycles. The zero-order valence-corrected chi connectivity index (χ0v) is 22.2. The Morgan fingerprint density at radius 2 is 1.73 bits per heavy atom. The summed E-state index contributed by atoms with van der Waals surface area (Å²) in [5.41, 5.74) is 5.27. The molecular weight excluding hydrogens is 490 g/mol. The van der Waals surface area contributed by atoms with Gasteiger partial charge in [0, 0.05) is 11.3 Å². The topological polar surface area (TPSA) is 111 Å². The zero-order valence-electron chi connectivity index (χ0n) is 21.4. The van der Waals surface area contributed by atoms with E-state index in [1.165, 1.54) is 6.07 Å². The summed E-state index contributed by atoms with van der Waals surface area (Å²) in [5, 5.41) is 6.70. The van der Waals surface area contributed by atoms with Crippen LogP contribution in [0.1, 0.15) is 44.1 Å². The van der Waals surface area contributed by atoms with Crippen LogP contribution in [-0.2, 0) is 16.6 Å². The smallest absolute Gasteiger partial charge is 0.262 e. The van der Waals surface area contributed by atoms with Gasteiger partial charge in [0.25, 0.3) is 15.9 Å². The molecule has 37 heavy (non-hydrogen) atoms. The molecule has 8 nitrogen and oxygen atoms in total. The van der Waals surface area contributed by atoms with E-state index >= 15 is 0 Å². The predicted molar refractivity (Wildman–Crippen MR) is 143 cm³/mol. The third kappa shape index (κ3) is 6.00. The monoisotopic (exact) mass is 519 g/mol. The number of aryl methyl sites for hydroxylation is 5. The second-order valence-electron chi connectivity index (χ2n) is 8.98. The molecule has 0 aliphatic heterocycles. The van der Waals surface area contributed by atoms with Gasteiger partial charge in [-0.25, -0.2) is 8.42 Å². The molecule has 0 atom stereocenters. The number of nitrogens with zero attached hydrogens (tertiary/aromatic N) is 1. The van der Waals surface area contributed by atoms with Crippen molar-refractivity contribution in [3.63, 3.8) is 0 Å². The number of anilines is 2. The number of aromatic nitrogens is 1. The SMILES string of the molecule is Cc1ccc(NS(=O)(=O)c2cc(NC(=O)c3cccc(OCc4c(C)noc4C)c3)ccc2C)c(C)c1. The van der Waals surface area contributed by atoms with E-state index in [0.29, 0.717) is 34.0 Å². The molecule has 0 saturated carbocycles.